The van der Waals surface area contributed by atoms with Crippen molar-refractivity contribution in [1.82, 2.24) is 4.72 Å². The Morgan fingerprint density at radius 3 is 2.78 bits per heavy atom. The number of nitrogens with one attached hydrogen (secondary N) is 1. The first kappa shape index (κ1) is 13.2. The van der Waals surface area contributed by atoms with E-state index in [1.165, 1.54) is 12.3 Å². The summed E-state index contributed by atoms with van der Waals surface area (Å²) in [6.45, 7) is 0.107. The molecule has 2 aromatic heterocycles. The average Bonchev–Trinajstić information content (AvgIpc) is 2.98. The Morgan fingerprint density at radius 2 is 2.22 bits per heavy atom. The maximum Gasteiger partial charge on any atom is 0.250 e. The zero-order chi connectivity index (χ0) is 13.2. The molecule has 8 heteroatoms. The third kappa shape index (κ3) is 2.96. The Morgan fingerprint density at radius 1 is 1.44 bits per heavy atom. The Kier molecular flexibility index (Phi) is 3.81. The minimum atomic E-state index is -3.56. The molecule has 18 heavy (non-hydrogen) atoms. The van der Waals surface area contributed by atoms with Crippen LogP contribution in [-0.4, -0.2) is 13.4 Å². The van der Waals surface area contributed by atoms with E-state index in [2.05, 4.69) is 4.72 Å². The van der Waals surface area contributed by atoms with Crippen molar-refractivity contribution < 1.29 is 12.8 Å². The number of thiophene rings is 1. The van der Waals surface area contributed by atoms with Crippen LogP contribution in [0.15, 0.2) is 39.2 Å². The molecule has 2 rings (SSSR count). The molecular formula is C10H10N2O3S3. The van der Waals surface area contributed by atoms with Crippen LogP contribution in [-0.2, 0) is 16.6 Å². The summed E-state index contributed by atoms with van der Waals surface area (Å²) in [6.07, 6.45) is 1.49. The van der Waals surface area contributed by atoms with Gasteiger partial charge in [-0.3, -0.25) is 0 Å². The summed E-state index contributed by atoms with van der Waals surface area (Å²) in [5.74, 6) is 0.546. The van der Waals surface area contributed by atoms with Crippen molar-refractivity contribution in [1.29, 1.82) is 0 Å². The minimum Gasteiger partial charge on any atom is -0.468 e. The van der Waals surface area contributed by atoms with E-state index in [1.54, 1.807) is 18.2 Å². The summed E-state index contributed by atoms with van der Waals surface area (Å²) < 4.78 is 31.5. The van der Waals surface area contributed by atoms with E-state index in [0.29, 0.717) is 10.6 Å². The predicted octanol–water partition coefficient (Wildman–Crippen LogP) is 1.45. The van der Waals surface area contributed by atoms with E-state index in [9.17, 15) is 8.42 Å². The van der Waals surface area contributed by atoms with Gasteiger partial charge in [0.2, 0.25) is 10.0 Å². The van der Waals surface area contributed by atoms with E-state index in [0.717, 1.165) is 11.3 Å². The third-order valence-electron chi connectivity index (χ3n) is 2.11. The SMILES string of the molecule is NC(=S)c1ccc(S(=O)(=O)NCc2ccco2)s1. The van der Waals surface area contributed by atoms with Crippen LogP contribution in [0.25, 0.3) is 0 Å². The quantitative estimate of drug-likeness (QED) is 0.817. The smallest absolute Gasteiger partial charge is 0.250 e. The molecule has 0 atom stereocenters. The molecule has 2 aromatic rings. The maximum absolute atomic E-state index is 11.9. The summed E-state index contributed by atoms with van der Waals surface area (Å²) >= 11 is 5.82. The van der Waals surface area contributed by atoms with Crippen molar-refractivity contribution >= 4 is 38.6 Å². The highest BCUT2D eigenvalue weighted by atomic mass is 32.2. The first-order chi connectivity index (χ1) is 8.49. The average molecular weight is 302 g/mol. The van der Waals surface area contributed by atoms with Crippen LogP contribution in [0.1, 0.15) is 10.6 Å². The highest BCUT2D eigenvalue weighted by molar-refractivity contribution is 7.91. The van der Waals surface area contributed by atoms with Gasteiger partial charge in [0.15, 0.2) is 0 Å². The molecule has 0 aromatic carbocycles. The van der Waals surface area contributed by atoms with Crippen molar-refractivity contribution in [3.05, 3.63) is 41.2 Å². The van der Waals surface area contributed by atoms with Gasteiger partial charge >= 0.3 is 0 Å². The van der Waals surface area contributed by atoms with E-state index < -0.39 is 10.0 Å². The molecule has 0 saturated heterocycles. The highest BCUT2D eigenvalue weighted by Crippen LogP contribution is 2.21. The minimum absolute atomic E-state index is 0.107. The topological polar surface area (TPSA) is 85.3 Å². The summed E-state index contributed by atoms with van der Waals surface area (Å²) in [4.78, 5) is 0.760. The number of hydrogen-bond donors (Lipinski definition) is 2. The monoisotopic (exact) mass is 302 g/mol. The number of sulfonamides is 1. The predicted molar refractivity (Wildman–Crippen MR) is 72.9 cm³/mol. The molecule has 0 aliphatic heterocycles. The number of furan rings is 1. The van der Waals surface area contributed by atoms with Gasteiger partial charge in [0.1, 0.15) is 15.0 Å². The lowest BCUT2D eigenvalue weighted by Crippen LogP contribution is -2.22. The summed E-state index contributed by atoms with van der Waals surface area (Å²) in [5.41, 5.74) is 5.43. The molecule has 0 unspecified atom stereocenters. The molecular weight excluding hydrogens is 292 g/mol. The standard InChI is InChI=1S/C10H10N2O3S3/c11-10(16)8-3-4-9(17-8)18(13,14)12-6-7-2-1-5-15-7/h1-5,12H,6H2,(H2,11,16). The fourth-order valence-electron chi connectivity index (χ4n) is 1.25. The lowest BCUT2D eigenvalue weighted by molar-refractivity contribution is 0.499. The second kappa shape index (κ2) is 5.19. The van der Waals surface area contributed by atoms with Gasteiger partial charge in [-0.25, -0.2) is 13.1 Å². The fraction of sp³-hybridized carbons (Fsp3) is 0.100. The molecule has 0 fully saturated rings. The van der Waals surface area contributed by atoms with Crippen LogP contribution in [0, 0.1) is 0 Å². The van der Waals surface area contributed by atoms with E-state index >= 15 is 0 Å². The van der Waals surface area contributed by atoms with Crippen molar-refractivity contribution in [2.24, 2.45) is 5.73 Å². The second-order valence-corrected chi connectivity index (χ2v) is 6.90. The molecule has 5 nitrogen and oxygen atoms in total. The summed E-state index contributed by atoms with van der Waals surface area (Å²) in [7, 11) is -3.56. The molecule has 0 aliphatic carbocycles. The number of nitrogens with two attached hydrogens (primary N) is 1. The van der Waals surface area contributed by atoms with Gasteiger partial charge in [-0.2, -0.15) is 0 Å². The van der Waals surface area contributed by atoms with Gasteiger partial charge < -0.3 is 10.2 Å². The summed E-state index contributed by atoms with van der Waals surface area (Å²) in [6, 6.07) is 6.45. The molecule has 0 aliphatic rings. The van der Waals surface area contributed by atoms with E-state index in [1.807, 2.05) is 0 Å². The Balaban J connectivity index is 2.12. The van der Waals surface area contributed by atoms with Crippen molar-refractivity contribution in [2.75, 3.05) is 0 Å². The lowest BCUT2D eigenvalue weighted by Gasteiger charge is -2.02. The van der Waals surface area contributed by atoms with Crippen LogP contribution in [0.5, 0.6) is 0 Å². The van der Waals surface area contributed by atoms with E-state index in [4.69, 9.17) is 22.4 Å². The summed E-state index contributed by atoms with van der Waals surface area (Å²) in [5, 5.41) is 0. The Bertz CT molecular complexity index is 644. The molecule has 0 amide bonds. The second-order valence-electron chi connectivity index (χ2n) is 3.39. The van der Waals surface area contributed by atoms with Gasteiger partial charge in [0, 0.05) is 0 Å². The fourth-order valence-corrected chi connectivity index (χ4v) is 3.64. The zero-order valence-electron chi connectivity index (χ0n) is 9.12. The van der Waals surface area contributed by atoms with Gasteiger partial charge in [-0.1, -0.05) is 12.2 Å². The van der Waals surface area contributed by atoms with Crippen molar-refractivity contribution in [3.8, 4) is 0 Å². The van der Waals surface area contributed by atoms with Crippen LogP contribution in [0.4, 0.5) is 0 Å². The Hall–Kier alpha value is -1.22. The third-order valence-corrected chi connectivity index (χ3v) is 5.47. The molecule has 3 N–H and O–H groups in total. The normalized spacial score (nSPS) is 11.6. The van der Waals surface area contributed by atoms with Gasteiger partial charge in [0.25, 0.3) is 0 Å². The van der Waals surface area contributed by atoms with Crippen molar-refractivity contribution in [2.45, 2.75) is 10.8 Å². The molecule has 0 radical (unpaired) electrons. The molecule has 0 saturated carbocycles. The number of hydrogen-bond acceptors (Lipinski definition) is 5. The molecule has 0 bridgehead atoms. The van der Waals surface area contributed by atoms with Crippen LogP contribution in [0.2, 0.25) is 0 Å². The number of thiocarbonyl (C=S) groups is 1. The molecule has 2 heterocycles. The van der Waals surface area contributed by atoms with Crippen LogP contribution in [0.3, 0.4) is 0 Å². The Labute approximate surface area is 114 Å². The van der Waals surface area contributed by atoms with Gasteiger partial charge in [0.05, 0.1) is 17.7 Å². The molecule has 0 spiro atoms. The lowest BCUT2D eigenvalue weighted by atomic mass is 10.5. The van der Waals surface area contributed by atoms with Gasteiger partial charge in [-0.15, -0.1) is 11.3 Å². The first-order valence-electron chi connectivity index (χ1n) is 4.91. The van der Waals surface area contributed by atoms with Crippen LogP contribution >= 0.6 is 23.6 Å². The molecule has 96 valence electrons. The largest absolute Gasteiger partial charge is 0.468 e. The van der Waals surface area contributed by atoms with Crippen molar-refractivity contribution in [3.63, 3.8) is 0 Å². The van der Waals surface area contributed by atoms with E-state index in [-0.39, 0.29) is 15.7 Å². The zero-order valence-corrected chi connectivity index (χ0v) is 11.6. The number of rotatable bonds is 5. The maximum atomic E-state index is 11.9. The van der Waals surface area contributed by atoms with Crippen LogP contribution < -0.4 is 10.5 Å². The first-order valence-corrected chi connectivity index (χ1v) is 7.61. The van der Waals surface area contributed by atoms with Gasteiger partial charge in [-0.05, 0) is 24.3 Å². The highest BCUT2D eigenvalue weighted by Gasteiger charge is 2.17.